The van der Waals surface area contributed by atoms with E-state index in [0.29, 0.717) is 16.5 Å². The van der Waals surface area contributed by atoms with Crippen molar-refractivity contribution in [2.45, 2.75) is 6.92 Å². The second kappa shape index (κ2) is 10.1. The number of nitrogens with zero attached hydrogens (tertiary/aromatic N) is 1. The monoisotopic (exact) mass is 354 g/mol. The maximum absolute atomic E-state index is 11.7. The molecule has 0 saturated carbocycles. The van der Waals surface area contributed by atoms with Gasteiger partial charge in [-0.25, -0.2) is 5.43 Å². The summed E-state index contributed by atoms with van der Waals surface area (Å²) in [4.78, 5) is 11.7. The Kier molecular flexibility index (Phi) is 7.47. The number of amides is 1. The summed E-state index contributed by atoms with van der Waals surface area (Å²) < 4.78 is 5.34. The van der Waals surface area contributed by atoms with Crippen molar-refractivity contribution in [3.63, 3.8) is 0 Å². The van der Waals surface area contributed by atoms with Gasteiger partial charge in [0.05, 0.1) is 10.7 Å². The molecule has 0 unspecified atom stereocenters. The number of carbonyl (C=O) groups is 1. The lowest BCUT2D eigenvalue weighted by Gasteiger charge is -2.06. The number of para-hydroxylation sites is 1. The average molecular weight is 355 g/mol. The number of hydrogen-bond acceptors (Lipinski definition) is 3. The van der Waals surface area contributed by atoms with Gasteiger partial charge in [-0.3, -0.25) is 4.79 Å². The van der Waals surface area contributed by atoms with Crippen LogP contribution in [0.15, 0.2) is 77.9 Å². The van der Waals surface area contributed by atoms with Crippen molar-refractivity contribution in [1.29, 1.82) is 0 Å². The van der Waals surface area contributed by atoms with Gasteiger partial charge in [-0.15, -0.1) is 0 Å². The van der Waals surface area contributed by atoms with Crippen LogP contribution in [0.2, 0.25) is 5.02 Å². The molecule has 4 nitrogen and oxygen atoms in total. The fourth-order valence-electron chi connectivity index (χ4n) is 1.85. The molecule has 2 aromatic carbocycles. The third-order valence-corrected chi connectivity index (χ3v) is 3.40. The van der Waals surface area contributed by atoms with Crippen molar-refractivity contribution < 1.29 is 9.53 Å². The molecular weight excluding hydrogens is 336 g/mol. The zero-order valence-electron chi connectivity index (χ0n) is 13.9. The number of ether oxygens (including phenoxy) is 1. The largest absolute Gasteiger partial charge is 0.482 e. The Morgan fingerprint density at radius 3 is 2.60 bits per heavy atom. The van der Waals surface area contributed by atoms with E-state index in [1.807, 2.05) is 48.6 Å². The highest BCUT2D eigenvalue weighted by molar-refractivity contribution is 6.32. The van der Waals surface area contributed by atoms with Gasteiger partial charge >= 0.3 is 0 Å². The molecule has 0 radical (unpaired) electrons. The SMILES string of the molecule is CC(C=CC=Cc1ccccc1)=NNC(=O)COc1ccccc1Cl. The Morgan fingerprint density at radius 1 is 1.12 bits per heavy atom. The Balaban J connectivity index is 1.76. The highest BCUT2D eigenvalue weighted by atomic mass is 35.5. The van der Waals surface area contributed by atoms with E-state index in [9.17, 15) is 4.79 Å². The fraction of sp³-hybridized carbons (Fsp3) is 0.100. The molecule has 0 aliphatic rings. The quantitative estimate of drug-likeness (QED) is 0.452. The van der Waals surface area contributed by atoms with Crippen molar-refractivity contribution in [1.82, 2.24) is 5.43 Å². The number of halogens is 1. The second-order valence-corrected chi connectivity index (χ2v) is 5.54. The van der Waals surface area contributed by atoms with Gasteiger partial charge in [0, 0.05) is 0 Å². The molecule has 0 atom stereocenters. The van der Waals surface area contributed by atoms with Crippen molar-refractivity contribution in [2.75, 3.05) is 6.61 Å². The summed E-state index contributed by atoms with van der Waals surface area (Å²) in [6, 6.07) is 17.0. The fourth-order valence-corrected chi connectivity index (χ4v) is 2.04. The first-order chi connectivity index (χ1) is 12.1. The predicted molar refractivity (Wildman–Crippen MR) is 103 cm³/mol. The average Bonchev–Trinajstić information content (AvgIpc) is 2.64. The van der Waals surface area contributed by atoms with E-state index in [1.54, 1.807) is 37.3 Å². The van der Waals surface area contributed by atoms with Gasteiger partial charge in [0.2, 0.25) is 0 Å². The zero-order valence-corrected chi connectivity index (χ0v) is 14.6. The molecule has 0 aromatic heterocycles. The lowest BCUT2D eigenvalue weighted by Crippen LogP contribution is -2.25. The lowest BCUT2D eigenvalue weighted by atomic mass is 10.2. The number of allylic oxidation sites excluding steroid dienone is 3. The Hall–Kier alpha value is -2.85. The van der Waals surface area contributed by atoms with Crippen LogP contribution < -0.4 is 10.2 Å². The Labute approximate surface area is 152 Å². The van der Waals surface area contributed by atoms with Gasteiger partial charge in [0.25, 0.3) is 5.91 Å². The molecule has 1 amide bonds. The normalized spacial score (nSPS) is 11.8. The van der Waals surface area contributed by atoms with Gasteiger partial charge < -0.3 is 4.74 Å². The number of hydrazone groups is 1. The topological polar surface area (TPSA) is 50.7 Å². The van der Waals surface area contributed by atoms with Crippen LogP contribution in [0.5, 0.6) is 5.75 Å². The van der Waals surface area contributed by atoms with Crippen LogP contribution in [0, 0.1) is 0 Å². The number of hydrogen-bond donors (Lipinski definition) is 1. The molecule has 2 rings (SSSR count). The third kappa shape index (κ3) is 7.06. The molecule has 0 heterocycles. The molecule has 25 heavy (non-hydrogen) atoms. The molecular formula is C20H19ClN2O2. The summed E-state index contributed by atoms with van der Waals surface area (Å²) >= 11 is 5.95. The lowest BCUT2D eigenvalue weighted by molar-refractivity contribution is -0.123. The predicted octanol–water partition coefficient (Wildman–Crippen LogP) is 4.48. The molecule has 0 aliphatic heterocycles. The highest BCUT2D eigenvalue weighted by Crippen LogP contribution is 2.22. The summed E-state index contributed by atoms with van der Waals surface area (Å²) in [6.07, 6.45) is 7.56. The minimum atomic E-state index is -0.354. The molecule has 5 heteroatoms. The third-order valence-electron chi connectivity index (χ3n) is 3.09. The van der Waals surface area contributed by atoms with Gasteiger partial charge in [-0.1, -0.05) is 72.3 Å². The van der Waals surface area contributed by atoms with E-state index in [4.69, 9.17) is 16.3 Å². The second-order valence-electron chi connectivity index (χ2n) is 5.14. The first-order valence-electron chi connectivity index (χ1n) is 7.75. The standard InChI is InChI=1S/C20H19ClN2O2/c1-16(9-5-6-12-17-10-3-2-4-11-17)22-23-20(24)15-25-19-14-8-7-13-18(19)21/h2-14H,15H2,1H3,(H,23,24). The molecule has 0 saturated heterocycles. The zero-order chi connectivity index (χ0) is 17.9. The summed E-state index contributed by atoms with van der Waals surface area (Å²) in [5, 5.41) is 4.45. The molecule has 0 spiro atoms. The molecule has 0 bridgehead atoms. The van der Waals surface area contributed by atoms with E-state index in [1.165, 1.54) is 0 Å². The number of rotatable bonds is 7. The van der Waals surface area contributed by atoms with E-state index in [2.05, 4.69) is 10.5 Å². The summed E-state index contributed by atoms with van der Waals surface area (Å²) in [7, 11) is 0. The molecule has 0 fully saturated rings. The van der Waals surface area contributed by atoms with Crippen LogP contribution in [0.4, 0.5) is 0 Å². The first-order valence-corrected chi connectivity index (χ1v) is 8.13. The van der Waals surface area contributed by atoms with Crippen LogP contribution in [-0.4, -0.2) is 18.2 Å². The van der Waals surface area contributed by atoms with Gasteiger partial charge in [0.1, 0.15) is 5.75 Å². The first kappa shape index (κ1) is 18.5. The molecule has 2 aromatic rings. The number of carbonyl (C=O) groups excluding carboxylic acids is 1. The van der Waals surface area contributed by atoms with Gasteiger partial charge in [0.15, 0.2) is 6.61 Å². The van der Waals surface area contributed by atoms with Gasteiger partial charge in [-0.2, -0.15) is 5.10 Å². The minimum absolute atomic E-state index is 0.155. The van der Waals surface area contributed by atoms with Crippen molar-refractivity contribution in [3.8, 4) is 5.75 Å². The van der Waals surface area contributed by atoms with Crippen LogP contribution in [0.3, 0.4) is 0 Å². The van der Waals surface area contributed by atoms with Crippen molar-refractivity contribution in [2.24, 2.45) is 5.10 Å². The summed E-state index contributed by atoms with van der Waals surface area (Å²) in [5.41, 5.74) is 4.22. The summed E-state index contributed by atoms with van der Waals surface area (Å²) in [5.74, 6) is 0.110. The smallest absolute Gasteiger partial charge is 0.277 e. The number of nitrogens with one attached hydrogen (secondary N) is 1. The maximum Gasteiger partial charge on any atom is 0.277 e. The minimum Gasteiger partial charge on any atom is -0.482 e. The van der Waals surface area contributed by atoms with Crippen LogP contribution >= 0.6 is 11.6 Å². The maximum atomic E-state index is 11.7. The van der Waals surface area contributed by atoms with Gasteiger partial charge in [-0.05, 0) is 30.7 Å². The Bertz CT molecular complexity index is 783. The van der Waals surface area contributed by atoms with E-state index < -0.39 is 0 Å². The van der Waals surface area contributed by atoms with Crippen molar-refractivity contribution >= 4 is 29.3 Å². The molecule has 1 N–H and O–H groups in total. The highest BCUT2D eigenvalue weighted by Gasteiger charge is 2.04. The van der Waals surface area contributed by atoms with E-state index in [0.717, 1.165) is 5.56 Å². The van der Waals surface area contributed by atoms with Crippen molar-refractivity contribution in [3.05, 3.63) is 83.4 Å². The number of benzene rings is 2. The van der Waals surface area contributed by atoms with Crippen LogP contribution in [0.1, 0.15) is 12.5 Å². The van der Waals surface area contributed by atoms with E-state index >= 15 is 0 Å². The summed E-state index contributed by atoms with van der Waals surface area (Å²) in [6.45, 7) is 1.64. The van der Waals surface area contributed by atoms with Crippen LogP contribution in [-0.2, 0) is 4.79 Å². The van der Waals surface area contributed by atoms with Crippen LogP contribution in [0.25, 0.3) is 6.08 Å². The van der Waals surface area contributed by atoms with E-state index in [-0.39, 0.29) is 12.5 Å². The molecule has 0 aliphatic carbocycles. The Morgan fingerprint density at radius 2 is 1.84 bits per heavy atom. The molecule has 128 valence electrons.